The van der Waals surface area contributed by atoms with Gasteiger partial charge >= 0.3 is 5.97 Å². The highest BCUT2D eigenvalue weighted by atomic mass is 16.7. The normalized spacial score (nSPS) is 17.1. The molecule has 1 unspecified atom stereocenters. The molecule has 1 fully saturated rings. The van der Waals surface area contributed by atoms with Crippen molar-refractivity contribution in [2.45, 2.75) is 38.7 Å². The van der Waals surface area contributed by atoms with Crippen LogP contribution in [0.3, 0.4) is 0 Å². The Bertz CT molecular complexity index is 723. The standard InChI is InChI=1S/C18H23N3O5/c1-23-14-8-6-13(7-9-14)11-21-17(18(22)24-2)15(19-20-21)12-26-16-5-3-4-10-25-16/h6-9,16H,3-5,10-12H2,1-2H3. The van der Waals surface area contributed by atoms with Crippen LogP contribution in [0.5, 0.6) is 5.75 Å². The maximum absolute atomic E-state index is 12.2. The van der Waals surface area contributed by atoms with E-state index in [2.05, 4.69) is 10.3 Å². The minimum Gasteiger partial charge on any atom is -0.497 e. The van der Waals surface area contributed by atoms with Gasteiger partial charge in [0, 0.05) is 6.61 Å². The lowest BCUT2D eigenvalue weighted by Gasteiger charge is -2.22. The minimum absolute atomic E-state index is 0.151. The predicted octanol–water partition coefficient (Wildman–Crippen LogP) is 2.16. The van der Waals surface area contributed by atoms with Crippen LogP contribution < -0.4 is 4.74 Å². The average Bonchev–Trinajstić information content (AvgIpc) is 3.09. The zero-order valence-corrected chi connectivity index (χ0v) is 15.0. The van der Waals surface area contributed by atoms with Crippen molar-refractivity contribution in [2.75, 3.05) is 20.8 Å². The molecule has 8 nitrogen and oxygen atoms in total. The first-order valence-corrected chi connectivity index (χ1v) is 8.58. The van der Waals surface area contributed by atoms with Crippen molar-refractivity contribution in [3.8, 4) is 5.75 Å². The Hall–Kier alpha value is -2.45. The van der Waals surface area contributed by atoms with Crippen molar-refractivity contribution in [2.24, 2.45) is 0 Å². The second kappa shape index (κ2) is 8.77. The predicted molar refractivity (Wildman–Crippen MR) is 91.8 cm³/mol. The Morgan fingerprint density at radius 2 is 2.08 bits per heavy atom. The topological polar surface area (TPSA) is 84.7 Å². The van der Waals surface area contributed by atoms with E-state index in [0.29, 0.717) is 24.5 Å². The van der Waals surface area contributed by atoms with E-state index in [9.17, 15) is 4.79 Å². The summed E-state index contributed by atoms with van der Waals surface area (Å²) in [4.78, 5) is 12.2. The van der Waals surface area contributed by atoms with Crippen LogP contribution in [-0.2, 0) is 27.4 Å². The van der Waals surface area contributed by atoms with E-state index in [1.807, 2.05) is 24.3 Å². The van der Waals surface area contributed by atoms with Crippen molar-refractivity contribution in [1.29, 1.82) is 0 Å². The smallest absolute Gasteiger partial charge is 0.358 e. The number of aromatic nitrogens is 3. The maximum Gasteiger partial charge on any atom is 0.358 e. The Balaban J connectivity index is 1.74. The molecule has 1 saturated heterocycles. The van der Waals surface area contributed by atoms with Gasteiger partial charge in [-0.2, -0.15) is 0 Å². The Morgan fingerprint density at radius 1 is 1.27 bits per heavy atom. The van der Waals surface area contributed by atoms with Crippen LogP contribution in [0.25, 0.3) is 0 Å². The molecule has 1 aliphatic heterocycles. The fraction of sp³-hybridized carbons (Fsp3) is 0.500. The first-order valence-electron chi connectivity index (χ1n) is 8.58. The van der Waals surface area contributed by atoms with Gasteiger partial charge < -0.3 is 18.9 Å². The molecule has 1 atom stereocenters. The second-order valence-electron chi connectivity index (χ2n) is 5.99. The number of hydrogen-bond acceptors (Lipinski definition) is 7. The molecule has 26 heavy (non-hydrogen) atoms. The van der Waals surface area contributed by atoms with Crippen molar-refractivity contribution in [3.63, 3.8) is 0 Å². The first kappa shape index (κ1) is 18.3. The molecule has 0 aliphatic carbocycles. The molecule has 0 bridgehead atoms. The summed E-state index contributed by atoms with van der Waals surface area (Å²) in [6.07, 6.45) is 2.69. The first-order chi connectivity index (χ1) is 12.7. The second-order valence-corrected chi connectivity index (χ2v) is 5.99. The van der Waals surface area contributed by atoms with E-state index in [1.165, 1.54) is 11.8 Å². The van der Waals surface area contributed by atoms with Gasteiger partial charge in [0.2, 0.25) is 0 Å². The molecule has 3 rings (SSSR count). The molecule has 1 aromatic carbocycles. The molecular weight excluding hydrogens is 338 g/mol. The zero-order valence-electron chi connectivity index (χ0n) is 15.0. The SMILES string of the molecule is COC(=O)c1c(COC2CCCCO2)nnn1Cc1ccc(OC)cc1. The molecule has 0 N–H and O–H groups in total. The van der Waals surface area contributed by atoms with Gasteiger partial charge in [0.1, 0.15) is 11.4 Å². The number of benzene rings is 1. The molecule has 1 aliphatic rings. The number of methoxy groups -OCH3 is 2. The number of hydrogen-bond donors (Lipinski definition) is 0. The number of carbonyl (C=O) groups excluding carboxylic acids is 1. The molecule has 0 radical (unpaired) electrons. The van der Waals surface area contributed by atoms with E-state index in [1.54, 1.807) is 7.11 Å². The van der Waals surface area contributed by atoms with Crippen molar-refractivity contribution in [1.82, 2.24) is 15.0 Å². The van der Waals surface area contributed by atoms with Crippen molar-refractivity contribution in [3.05, 3.63) is 41.2 Å². The lowest BCUT2D eigenvalue weighted by molar-refractivity contribution is -0.169. The summed E-state index contributed by atoms with van der Waals surface area (Å²) in [6.45, 7) is 1.23. The van der Waals surface area contributed by atoms with Crippen LogP contribution in [0.2, 0.25) is 0 Å². The zero-order chi connectivity index (χ0) is 18.4. The quantitative estimate of drug-likeness (QED) is 0.699. The molecule has 2 heterocycles. The van der Waals surface area contributed by atoms with E-state index in [4.69, 9.17) is 18.9 Å². The Kier molecular flexibility index (Phi) is 6.19. The van der Waals surface area contributed by atoms with Crippen LogP contribution >= 0.6 is 0 Å². The summed E-state index contributed by atoms with van der Waals surface area (Å²) in [5.41, 5.74) is 1.70. The minimum atomic E-state index is -0.494. The van der Waals surface area contributed by atoms with Crippen LogP contribution in [0, 0.1) is 0 Å². The number of rotatable bonds is 7. The monoisotopic (exact) mass is 361 g/mol. The summed E-state index contributed by atoms with van der Waals surface area (Å²) in [5.74, 6) is 0.272. The van der Waals surface area contributed by atoms with Crippen LogP contribution in [0.1, 0.15) is 41.0 Å². The summed E-state index contributed by atoms with van der Waals surface area (Å²) in [5, 5.41) is 8.21. The maximum atomic E-state index is 12.2. The fourth-order valence-corrected chi connectivity index (χ4v) is 2.80. The van der Waals surface area contributed by atoms with Crippen LogP contribution in [-0.4, -0.2) is 48.1 Å². The summed E-state index contributed by atoms with van der Waals surface area (Å²) in [7, 11) is 2.95. The number of carbonyl (C=O) groups is 1. The molecular formula is C18H23N3O5. The summed E-state index contributed by atoms with van der Waals surface area (Å²) >= 11 is 0. The molecule has 0 amide bonds. The summed E-state index contributed by atoms with van der Waals surface area (Å²) < 4.78 is 22.9. The molecule has 0 saturated carbocycles. The molecule has 0 spiro atoms. The highest BCUT2D eigenvalue weighted by molar-refractivity contribution is 5.88. The van der Waals surface area contributed by atoms with Gasteiger partial charge in [-0.15, -0.1) is 5.10 Å². The van der Waals surface area contributed by atoms with E-state index >= 15 is 0 Å². The molecule has 140 valence electrons. The lowest BCUT2D eigenvalue weighted by atomic mass is 10.2. The van der Waals surface area contributed by atoms with Crippen molar-refractivity contribution >= 4 is 5.97 Å². The van der Waals surface area contributed by atoms with Crippen molar-refractivity contribution < 1.29 is 23.7 Å². The molecule has 2 aromatic rings. The van der Waals surface area contributed by atoms with Crippen LogP contribution in [0.15, 0.2) is 24.3 Å². The van der Waals surface area contributed by atoms with Gasteiger partial charge in [-0.1, -0.05) is 17.3 Å². The summed E-state index contributed by atoms with van der Waals surface area (Å²) in [6, 6.07) is 7.53. The number of esters is 1. The third-order valence-corrected chi connectivity index (χ3v) is 4.22. The van der Waals surface area contributed by atoms with E-state index in [0.717, 1.165) is 30.6 Å². The fourth-order valence-electron chi connectivity index (χ4n) is 2.80. The average molecular weight is 361 g/mol. The lowest BCUT2D eigenvalue weighted by Crippen LogP contribution is -2.23. The highest BCUT2D eigenvalue weighted by Crippen LogP contribution is 2.18. The Morgan fingerprint density at radius 3 is 2.73 bits per heavy atom. The van der Waals surface area contributed by atoms with Gasteiger partial charge in [-0.25, -0.2) is 9.48 Å². The van der Waals surface area contributed by atoms with Gasteiger partial charge in [0.25, 0.3) is 0 Å². The highest BCUT2D eigenvalue weighted by Gasteiger charge is 2.23. The third kappa shape index (κ3) is 4.39. The third-order valence-electron chi connectivity index (χ3n) is 4.22. The largest absolute Gasteiger partial charge is 0.497 e. The van der Waals surface area contributed by atoms with Crippen LogP contribution in [0.4, 0.5) is 0 Å². The van der Waals surface area contributed by atoms with E-state index in [-0.39, 0.29) is 12.9 Å². The van der Waals surface area contributed by atoms with Gasteiger partial charge in [-0.05, 0) is 37.0 Å². The van der Waals surface area contributed by atoms with Gasteiger partial charge in [0.15, 0.2) is 12.0 Å². The van der Waals surface area contributed by atoms with E-state index < -0.39 is 5.97 Å². The van der Waals surface area contributed by atoms with Gasteiger partial charge in [0.05, 0.1) is 27.4 Å². The molecule has 8 heteroatoms. The Labute approximate surface area is 152 Å². The van der Waals surface area contributed by atoms with Gasteiger partial charge in [-0.3, -0.25) is 0 Å². The number of nitrogens with zero attached hydrogens (tertiary/aromatic N) is 3. The number of ether oxygens (including phenoxy) is 4. The molecule has 1 aromatic heterocycles.